The summed E-state index contributed by atoms with van der Waals surface area (Å²) in [4.78, 5) is 15.1. The minimum Gasteiger partial charge on any atom is -0.320 e. The number of aliphatic imine (C=N–C) groups is 1. The average molecular weight is 362 g/mol. The molecule has 0 aromatic carbocycles. The summed E-state index contributed by atoms with van der Waals surface area (Å²) in [7, 11) is -3.75. The molecule has 0 aromatic rings. The third-order valence-electron chi connectivity index (χ3n) is 1.91. The van der Waals surface area contributed by atoms with Crippen molar-refractivity contribution in [2.75, 3.05) is 6.54 Å². The summed E-state index contributed by atoms with van der Waals surface area (Å²) in [5.41, 5.74) is 8.01. The molecule has 1 amide bonds. The van der Waals surface area contributed by atoms with Gasteiger partial charge in [0, 0.05) is 6.54 Å². The standard InChI is InChI=1S/C7H15N5O3S2.BrH/c1-3-12-6(10-5(13)4(2)8)16-7(11-12)17(9,14)15;/h4,7,11H,3,8H2,1-2H3,(H2,9,14,15);1H/t4-,7?;/m1./s1. The number of hydrazine groups is 1. The summed E-state index contributed by atoms with van der Waals surface area (Å²) in [6, 6.07) is -0.727. The Hall–Kier alpha value is -0.200. The van der Waals surface area contributed by atoms with Crippen molar-refractivity contribution >= 4 is 49.8 Å². The fraction of sp³-hybridized carbons (Fsp3) is 0.714. The summed E-state index contributed by atoms with van der Waals surface area (Å²) in [6.45, 7) is 3.74. The number of hydrogen-bond donors (Lipinski definition) is 3. The van der Waals surface area contributed by atoms with E-state index in [-0.39, 0.29) is 22.1 Å². The molecule has 0 bridgehead atoms. The Morgan fingerprint density at radius 1 is 1.67 bits per heavy atom. The quantitative estimate of drug-likeness (QED) is 0.583. The summed E-state index contributed by atoms with van der Waals surface area (Å²) < 4.78 is 21.3. The van der Waals surface area contributed by atoms with E-state index in [0.717, 1.165) is 11.8 Å². The van der Waals surface area contributed by atoms with Gasteiger partial charge in [-0.25, -0.2) is 19.0 Å². The number of amidine groups is 1. The third kappa shape index (κ3) is 4.48. The zero-order valence-corrected chi connectivity index (χ0v) is 13.2. The van der Waals surface area contributed by atoms with Crippen molar-refractivity contribution in [1.82, 2.24) is 10.4 Å². The average Bonchev–Trinajstić information content (AvgIpc) is 2.60. The van der Waals surface area contributed by atoms with Crippen LogP contribution in [0.3, 0.4) is 0 Å². The Morgan fingerprint density at radius 2 is 2.22 bits per heavy atom. The van der Waals surface area contributed by atoms with Gasteiger partial charge in [0.2, 0.25) is 10.0 Å². The lowest BCUT2D eigenvalue weighted by Crippen LogP contribution is -2.42. The number of primary sulfonamides is 1. The van der Waals surface area contributed by atoms with Gasteiger partial charge >= 0.3 is 0 Å². The summed E-state index contributed by atoms with van der Waals surface area (Å²) in [5, 5.41) is 6.71. The smallest absolute Gasteiger partial charge is 0.264 e. The van der Waals surface area contributed by atoms with E-state index in [1.54, 1.807) is 6.92 Å². The molecular weight excluding hydrogens is 346 g/mol. The Kier molecular flexibility index (Phi) is 6.74. The molecule has 11 heteroatoms. The molecule has 0 aliphatic carbocycles. The molecule has 0 radical (unpaired) electrons. The van der Waals surface area contributed by atoms with Gasteiger partial charge in [0.15, 0.2) is 9.87 Å². The predicted molar refractivity (Wildman–Crippen MR) is 76.4 cm³/mol. The first kappa shape index (κ1) is 17.8. The lowest BCUT2D eigenvalue weighted by atomic mass is 10.3. The second kappa shape index (κ2) is 6.82. The van der Waals surface area contributed by atoms with E-state index in [1.165, 1.54) is 11.9 Å². The number of nitrogens with two attached hydrogens (primary N) is 2. The molecule has 0 spiro atoms. The van der Waals surface area contributed by atoms with Crippen LogP contribution in [0.15, 0.2) is 4.99 Å². The van der Waals surface area contributed by atoms with Gasteiger partial charge in [0.1, 0.15) is 0 Å². The number of carbonyl (C=O) groups is 1. The first-order valence-corrected chi connectivity index (χ1v) is 7.34. The van der Waals surface area contributed by atoms with Gasteiger partial charge in [0.25, 0.3) is 5.91 Å². The molecule has 5 N–H and O–H groups in total. The number of nitrogens with zero attached hydrogens (tertiary/aromatic N) is 2. The van der Waals surface area contributed by atoms with Crippen LogP contribution in [0.25, 0.3) is 0 Å². The molecule has 8 nitrogen and oxygen atoms in total. The first-order chi connectivity index (χ1) is 7.75. The van der Waals surface area contributed by atoms with Gasteiger partial charge in [-0.2, -0.15) is 4.99 Å². The van der Waals surface area contributed by atoms with Gasteiger partial charge in [-0.05, 0) is 25.6 Å². The summed E-state index contributed by atoms with van der Waals surface area (Å²) in [5.74, 6) is -0.511. The van der Waals surface area contributed by atoms with Crippen LogP contribution < -0.4 is 16.3 Å². The number of thioether (sulfide) groups is 1. The number of halogens is 1. The Morgan fingerprint density at radius 3 is 2.61 bits per heavy atom. The highest BCUT2D eigenvalue weighted by Crippen LogP contribution is 2.24. The van der Waals surface area contributed by atoms with E-state index >= 15 is 0 Å². The minimum absolute atomic E-state index is 0. The molecule has 1 heterocycles. The molecule has 1 aliphatic rings. The maximum Gasteiger partial charge on any atom is 0.264 e. The number of carbonyl (C=O) groups excluding carboxylic acids is 1. The van der Waals surface area contributed by atoms with Crippen LogP contribution in [0.2, 0.25) is 0 Å². The minimum atomic E-state index is -3.75. The zero-order valence-electron chi connectivity index (χ0n) is 9.86. The second-order valence-electron chi connectivity index (χ2n) is 3.43. The van der Waals surface area contributed by atoms with Crippen LogP contribution in [-0.2, 0) is 14.8 Å². The highest BCUT2D eigenvalue weighted by atomic mass is 79.9. The van der Waals surface area contributed by atoms with Gasteiger partial charge in [-0.1, -0.05) is 0 Å². The van der Waals surface area contributed by atoms with E-state index < -0.39 is 26.7 Å². The van der Waals surface area contributed by atoms with Gasteiger partial charge in [0.05, 0.1) is 6.04 Å². The first-order valence-electron chi connectivity index (χ1n) is 4.85. The Labute approximate surface area is 120 Å². The molecule has 0 aromatic heterocycles. The molecule has 1 unspecified atom stereocenters. The topological polar surface area (TPSA) is 131 Å². The van der Waals surface area contributed by atoms with Crippen molar-refractivity contribution in [3.63, 3.8) is 0 Å². The second-order valence-corrected chi connectivity index (χ2v) is 6.45. The number of amides is 1. The molecule has 18 heavy (non-hydrogen) atoms. The molecule has 1 saturated heterocycles. The molecular formula is C7H16BrN5O3S2. The summed E-state index contributed by atoms with van der Waals surface area (Å²) >= 11 is 0.871. The number of sulfonamides is 1. The lowest BCUT2D eigenvalue weighted by Gasteiger charge is -2.15. The molecule has 2 atom stereocenters. The van der Waals surface area contributed by atoms with Crippen molar-refractivity contribution < 1.29 is 13.2 Å². The van der Waals surface area contributed by atoms with Crippen LogP contribution in [0.4, 0.5) is 0 Å². The normalized spacial score (nSPS) is 23.9. The number of nitrogens with one attached hydrogen (secondary N) is 1. The highest BCUT2D eigenvalue weighted by Gasteiger charge is 2.35. The van der Waals surface area contributed by atoms with E-state index in [2.05, 4.69) is 10.4 Å². The van der Waals surface area contributed by atoms with E-state index in [4.69, 9.17) is 10.9 Å². The van der Waals surface area contributed by atoms with Gasteiger partial charge in [-0.3, -0.25) is 9.80 Å². The fourth-order valence-electron chi connectivity index (χ4n) is 1.02. The lowest BCUT2D eigenvalue weighted by molar-refractivity contribution is -0.118. The van der Waals surface area contributed by atoms with Crippen LogP contribution in [0.5, 0.6) is 0 Å². The van der Waals surface area contributed by atoms with E-state index in [1.807, 2.05) is 0 Å². The van der Waals surface area contributed by atoms with E-state index in [0.29, 0.717) is 6.54 Å². The Bertz CT molecular complexity index is 438. The molecule has 106 valence electrons. The van der Waals surface area contributed by atoms with Gasteiger partial charge < -0.3 is 5.73 Å². The van der Waals surface area contributed by atoms with Crippen LogP contribution in [0.1, 0.15) is 13.8 Å². The number of rotatable bonds is 3. The maximum absolute atomic E-state index is 11.4. The maximum atomic E-state index is 11.4. The summed E-state index contributed by atoms with van der Waals surface area (Å²) in [6.07, 6.45) is 0. The van der Waals surface area contributed by atoms with Crippen molar-refractivity contribution in [1.29, 1.82) is 0 Å². The van der Waals surface area contributed by atoms with E-state index in [9.17, 15) is 13.2 Å². The fourth-order valence-corrected chi connectivity index (χ4v) is 2.91. The zero-order chi connectivity index (χ0) is 13.2. The van der Waals surface area contributed by atoms with Crippen molar-refractivity contribution in [2.24, 2.45) is 15.9 Å². The molecule has 1 fully saturated rings. The monoisotopic (exact) mass is 361 g/mol. The largest absolute Gasteiger partial charge is 0.320 e. The highest BCUT2D eigenvalue weighted by molar-refractivity contribution is 8.93. The third-order valence-corrected chi connectivity index (χ3v) is 4.55. The van der Waals surface area contributed by atoms with Crippen molar-refractivity contribution in [3.05, 3.63) is 0 Å². The van der Waals surface area contributed by atoms with Gasteiger partial charge in [-0.15, -0.1) is 17.0 Å². The predicted octanol–water partition coefficient (Wildman–Crippen LogP) is -1.06. The van der Waals surface area contributed by atoms with Crippen LogP contribution in [0, 0.1) is 0 Å². The molecule has 1 aliphatic heterocycles. The SMILES string of the molecule is Br.CCN1NC(S(N)(=O)=O)SC1=NC(=O)[C@@H](C)N. The Balaban J connectivity index is 0.00000289. The van der Waals surface area contributed by atoms with Crippen molar-refractivity contribution in [3.8, 4) is 0 Å². The van der Waals surface area contributed by atoms with Crippen molar-refractivity contribution in [2.45, 2.75) is 24.6 Å². The molecule has 0 saturated carbocycles. The molecule has 1 rings (SSSR count). The van der Waals surface area contributed by atoms with Crippen LogP contribution >= 0.6 is 28.7 Å². The number of hydrogen-bond acceptors (Lipinski definition) is 6. The van der Waals surface area contributed by atoms with Crippen LogP contribution in [-0.4, -0.2) is 41.8 Å².